The number of aromatic nitrogens is 1. The third kappa shape index (κ3) is 2.14. The van der Waals surface area contributed by atoms with Crippen molar-refractivity contribution in [3.63, 3.8) is 0 Å². The summed E-state index contributed by atoms with van der Waals surface area (Å²) in [5, 5.41) is 0.0809. The maximum atomic E-state index is 13.1. The monoisotopic (exact) mass is 266 g/mol. The number of pyridine rings is 1. The van der Waals surface area contributed by atoms with Gasteiger partial charge in [0.15, 0.2) is 0 Å². The van der Waals surface area contributed by atoms with Crippen LogP contribution in [0.2, 0.25) is 0 Å². The van der Waals surface area contributed by atoms with E-state index in [0.717, 1.165) is 6.07 Å². The fraction of sp³-hybridized carbons (Fsp3) is 0.231. The Kier molecular flexibility index (Phi) is 2.66. The second kappa shape index (κ2) is 4.22. The van der Waals surface area contributed by atoms with Crippen molar-refractivity contribution in [3.8, 4) is 0 Å². The van der Waals surface area contributed by atoms with E-state index in [4.69, 9.17) is 4.74 Å². The van der Waals surface area contributed by atoms with E-state index < -0.39 is 11.7 Å². The summed E-state index contributed by atoms with van der Waals surface area (Å²) in [5.41, 5.74) is -0.305. The van der Waals surface area contributed by atoms with Crippen LogP contribution in [0, 0.1) is 0 Å². The smallest absolute Gasteiger partial charge is 0.417 e. The Bertz CT molecular complexity index is 664. The van der Waals surface area contributed by atoms with Crippen molar-refractivity contribution in [1.29, 1.82) is 0 Å². The highest BCUT2D eigenvalue weighted by atomic mass is 19.4. The molecule has 6 heteroatoms. The Labute approximate surface area is 106 Å². The molecular formula is C13H9F3N2O. The van der Waals surface area contributed by atoms with Gasteiger partial charge in [-0.15, -0.1) is 0 Å². The van der Waals surface area contributed by atoms with Gasteiger partial charge in [0.25, 0.3) is 0 Å². The third-order valence-electron chi connectivity index (χ3n) is 2.83. The molecule has 98 valence electrons. The number of alkyl halides is 3. The minimum Gasteiger partial charge on any atom is -0.474 e. The lowest BCUT2D eigenvalue weighted by Crippen LogP contribution is -2.11. The van der Waals surface area contributed by atoms with Crippen LogP contribution in [0.3, 0.4) is 0 Å². The first-order valence-electron chi connectivity index (χ1n) is 5.70. The molecule has 0 atom stereocenters. The van der Waals surface area contributed by atoms with E-state index in [1.807, 2.05) is 0 Å². The van der Waals surface area contributed by atoms with Crippen LogP contribution in [0.1, 0.15) is 11.3 Å². The van der Waals surface area contributed by atoms with Crippen molar-refractivity contribution >= 4 is 16.8 Å². The number of hydrogen-bond acceptors (Lipinski definition) is 3. The molecule has 3 rings (SSSR count). The van der Waals surface area contributed by atoms with E-state index in [1.165, 1.54) is 6.07 Å². The zero-order chi connectivity index (χ0) is 13.5. The van der Waals surface area contributed by atoms with E-state index in [1.54, 1.807) is 18.2 Å². The van der Waals surface area contributed by atoms with Gasteiger partial charge >= 0.3 is 6.18 Å². The highest BCUT2D eigenvalue weighted by molar-refractivity contribution is 5.96. The molecule has 0 N–H and O–H groups in total. The Balaban J connectivity index is 2.26. The molecule has 0 saturated heterocycles. The van der Waals surface area contributed by atoms with Crippen LogP contribution >= 0.6 is 0 Å². The molecule has 0 spiro atoms. The van der Waals surface area contributed by atoms with Gasteiger partial charge in [-0.1, -0.05) is 18.2 Å². The lowest BCUT2D eigenvalue weighted by Gasteiger charge is -2.12. The molecule has 1 aromatic carbocycles. The van der Waals surface area contributed by atoms with Gasteiger partial charge in [-0.3, -0.25) is 0 Å². The minimum absolute atomic E-state index is 0.0809. The number of nitrogens with zero attached hydrogens (tertiary/aromatic N) is 2. The summed E-state index contributed by atoms with van der Waals surface area (Å²) in [7, 11) is 0. The number of para-hydroxylation sites is 1. The van der Waals surface area contributed by atoms with Crippen molar-refractivity contribution in [3.05, 3.63) is 41.6 Å². The second-order valence-corrected chi connectivity index (χ2v) is 4.11. The maximum absolute atomic E-state index is 13.1. The van der Waals surface area contributed by atoms with Crippen molar-refractivity contribution in [1.82, 2.24) is 4.98 Å². The number of rotatable bonds is 1. The van der Waals surface area contributed by atoms with Crippen LogP contribution in [0.4, 0.5) is 13.2 Å². The molecule has 1 aromatic heterocycles. The lowest BCUT2D eigenvalue weighted by molar-refractivity contribution is -0.136. The van der Waals surface area contributed by atoms with Crippen LogP contribution in [0.25, 0.3) is 10.9 Å². The molecule has 2 heterocycles. The van der Waals surface area contributed by atoms with Gasteiger partial charge in [-0.25, -0.2) is 9.98 Å². The van der Waals surface area contributed by atoms with Crippen LogP contribution < -0.4 is 0 Å². The summed E-state index contributed by atoms with van der Waals surface area (Å²) >= 11 is 0. The summed E-state index contributed by atoms with van der Waals surface area (Å²) in [4.78, 5) is 8.18. The quantitative estimate of drug-likeness (QED) is 0.795. The molecule has 0 unspecified atom stereocenters. The van der Waals surface area contributed by atoms with E-state index in [0.29, 0.717) is 13.2 Å². The van der Waals surface area contributed by atoms with Crippen molar-refractivity contribution in [2.45, 2.75) is 6.18 Å². The van der Waals surface area contributed by atoms with Gasteiger partial charge in [0, 0.05) is 5.39 Å². The molecule has 2 aromatic rings. The fourth-order valence-corrected chi connectivity index (χ4v) is 2.01. The first-order chi connectivity index (χ1) is 9.05. The molecule has 0 bridgehead atoms. The van der Waals surface area contributed by atoms with Crippen molar-refractivity contribution in [2.24, 2.45) is 4.99 Å². The Hall–Kier alpha value is -2.11. The number of ether oxygens (including phenoxy) is 1. The second-order valence-electron chi connectivity index (χ2n) is 4.11. The number of aliphatic imine (C=N–C) groups is 1. The van der Waals surface area contributed by atoms with Crippen LogP contribution in [0.5, 0.6) is 0 Å². The highest BCUT2D eigenvalue weighted by Gasteiger charge is 2.34. The van der Waals surface area contributed by atoms with E-state index >= 15 is 0 Å². The SMILES string of the molecule is FC(F)(F)c1cc(C2=NCCO2)nc2ccccc12. The molecular weight excluding hydrogens is 257 g/mol. The number of hydrogen-bond donors (Lipinski definition) is 0. The predicted molar refractivity (Wildman–Crippen MR) is 64.1 cm³/mol. The molecule has 0 saturated carbocycles. The Morgan fingerprint density at radius 3 is 2.63 bits per heavy atom. The first kappa shape index (κ1) is 12.0. The normalized spacial score (nSPS) is 15.4. The molecule has 0 aliphatic carbocycles. The van der Waals surface area contributed by atoms with Gasteiger partial charge in [-0.2, -0.15) is 13.2 Å². The molecule has 0 radical (unpaired) electrons. The minimum atomic E-state index is -4.43. The number of benzene rings is 1. The van der Waals surface area contributed by atoms with E-state index in [9.17, 15) is 13.2 Å². The predicted octanol–water partition coefficient (Wildman–Crippen LogP) is 3.03. The molecule has 1 aliphatic rings. The van der Waals surface area contributed by atoms with Crippen LogP contribution in [-0.2, 0) is 10.9 Å². The summed E-state index contributed by atoms with van der Waals surface area (Å²) in [6.07, 6.45) is -4.43. The maximum Gasteiger partial charge on any atom is 0.417 e. The molecule has 0 fully saturated rings. The first-order valence-corrected chi connectivity index (χ1v) is 5.70. The average molecular weight is 266 g/mol. The number of fused-ring (bicyclic) bond motifs is 1. The van der Waals surface area contributed by atoms with Gasteiger partial charge < -0.3 is 4.74 Å². The molecule has 19 heavy (non-hydrogen) atoms. The molecule has 1 aliphatic heterocycles. The van der Waals surface area contributed by atoms with Gasteiger partial charge in [-0.05, 0) is 12.1 Å². The molecule has 0 amide bonds. The zero-order valence-electron chi connectivity index (χ0n) is 9.74. The average Bonchev–Trinajstić information content (AvgIpc) is 2.90. The highest BCUT2D eigenvalue weighted by Crippen LogP contribution is 2.34. The standard InChI is InChI=1S/C13H9F3N2O/c14-13(15,16)9-7-11(12-17-5-6-19-12)18-10-4-2-1-3-8(9)10/h1-4,7H,5-6H2. The van der Waals surface area contributed by atoms with Gasteiger partial charge in [0.05, 0.1) is 17.6 Å². The largest absolute Gasteiger partial charge is 0.474 e. The van der Waals surface area contributed by atoms with Crippen LogP contribution in [-0.4, -0.2) is 24.0 Å². The lowest BCUT2D eigenvalue weighted by atomic mass is 10.1. The fourth-order valence-electron chi connectivity index (χ4n) is 2.01. The van der Waals surface area contributed by atoms with Gasteiger partial charge in [0.2, 0.25) is 5.90 Å². The van der Waals surface area contributed by atoms with Crippen molar-refractivity contribution < 1.29 is 17.9 Å². The number of halogens is 3. The summed E-state index contributed by atoms with van der Waals surface area (Å²) in [6.45, 7) is 0.830. The Morgan fingerprint density at radius 2 is 1.95 bits per heavy atom. The Morgan fingerprint density at radius 1 is 1.16 bits per heavy atom. The summed E-state index contributed by atoms with van der Waals surface area (Å²) in [5.74, 6) is 0.177. The zero-order valence-corrected chi connectivity index (χ0v) is 9.74. The van der Waals surface area contributed by atoms with Crippen LogP contribution in [0.15, 0.2) is 35.3 Å². The van der Waals surface area contributed by atoms with Gasteiger partial charge in [0.1, 0.15) is 12.3 Å². The van der Waals surface area contributed by atoms with E-state index in [-0.39, 0.29) is 22.5 Å². The van der Waals surface area contributed by atoms with E-state index in [2.05, 4.69) is 9.98 Å². The van der Waals surface area contributed by atoms with Crippen molar-refractivity contribution in [2.75, 3.05) is 13.2 Å². The third-order valence-corrected chi connectivity index (χ3v) is 2.83. The summed E-state index contributed by atoms with van der Waals surface area (Å²) < 4.78 is 44.4. The summed E-state index contributed by atoms with van der Waals surface area (Å²) in [6, 6.07) is 7.15. The molecule has 3 nitrogen and oxygen atoms in total. The topological polar surface area (TPSA) is 34.5 Å².